The SMILES string of the molecule is O=C(COC(=O)c1cnn(Cc2ccccc2)c1)Nc1ccc(Cl)cc1[N+](=O)[O-]. The minimum atomic E-state index is -0.731. The summed E-state index contributed by atoms with van der Waals surface area (Å²) in [5, 5.41) is 17.6. The minimum Gasteiger partial charge on any atom is -0.452 e. The normalized spacial score (nSPS) is 10.4. The van der Waals surface area contributed by atoms with E-state index in [0.717, 1.165) is 11.6 Å². The molecule has 3 rings (SSSR count). The Balaban J connectivity index is 1.56. The summed E-state index contributed by atoms with van der Waals surface area (Å²) >= 11 is 5.73. The standard InChI is InChI=1S/C19H15ClN4O5/c20-15-6-7-16(17(8-15)24(27)28)22-18(25)12-29-19(26)14-9-21-23(11-14)10-13-4-2-1-3-5-13/h1-9,11H,10,12H2,(H,22,25). The third kappa shape index (κ3) is 5.39. The van der Waals surface area contributed by atoms with E-state index in [0.29, 0.717) is 6.54 Å². The number of esters is 1. The number of halogens is 1. The maximum Gasteiger partial charge on any atom is 0.341 e. The first-order valence-corrected chi connectivity index (χ1v) is 8.77. The van der Waals surface area contributed by atoms with Crippen LogP contribution in [0.1, 0.15) is 15.9 Å². The van der Waals surface area contributed by atoms with Gasteiger partial charge in [-0.05, 0) is 17.7 Å². The monoisotopic (exact) mass is 414 g/mol. The van der Waals surface area contributed by atoms with Crippen molar-refractivity contribution in [3.63, 3.8) is 0 Å². The van der Waals surface area contributed by atoms with Gasteiger partial charge in [0.05, 0.1) is 23.2 Å². The van der Waals surface area contributed by atoms with Gasteiger partial charge in [-0.1, -0.05) is 41.9 Å². The number of carbonyl (C=O) groups is 2. The Hall–Kier alpha value is -3.72. The molecule has 0 aliphatic heterocycles. The van der Waals surface area contributed by atoms with E-state index in [1.807, 2.05) is 30.3 Å². The van der Waals surface area contributed by atoms with Crippen LogP contribution in [0, 0.1) is 10.1 Å². The van der Waals surface area contributed by atoms with E-state index in [9.17, 15) is 19.7 Å². The molecule has 1 heterocycles. The van der Waals surface area contributed by atoms with E-state index in [1.165, 1.54) is 24.5 Å². The molecule has 2 aromatic carbocycles. The Morgan fingerprint density at radius 1 is 1.21 bits per heavy atom. The average Bonchev–Trinajstić information content (AvgIpc) is 3.16. The number of benzene rings is 2. The number of rotatable bonds is 7. The number of anilines is 1. The van der Waals surface area contributed by atoms with E-state index in [-0.39, 0.29) is 22.0 Å². The highest BCUT2D eigenvalue weighted by Crippen LogP contribution is 2.27. The van der Waals surface area contributed by atoms with Crippen LogP contribution in [0.15, 0.2) is 60.9 Å². The zero-order valence-corrected chi connectivity index (χ0v) is 15.7. The van der Waals surface area contributed by atoms with Gasteiger partial charge in [-0.3, -0.25) is 19.6 Å². The van der Waals surface area contributed by atoms with Crippen molar-refractivity contribution in [1.29, 1.82) is 0 Å². The van der Waals surface area contributed by atoms with Crippen molar-refractivity contribution in [3.05, 3.63) is 87.2 Å². The van der Waals surface area contributed by atoms with E-state index >= 15 is 0 Å². The number of hydrogen-bond acceptors (Lipinski definition) is 6. The van der Waals surface area contributed by atoms with Gasteiger partial charge in [0.15, 0.2) is 6.61 Å². The quantitative estimate of drug-likeness (QED) is 0.360. The molecule has 29 heavy (non-hydrogen) atoms. The van der Waals surface area contributed by atoms with Crippen molar-refractivity contribution in [2.45, 2.75) is 6.54 Å². The average molecular weight is 415 g/mol. The van der Waals surface area contributed by atoms with Crippen LogP contribution in [0.4, 0.5) is 11.4 Å². The van der Waals surface area contributed by atoms with Crippen LogP contribution >= 0.6 is 11.6 Å². The molecule has 3 aromatic rings. The molecular weight excluding hydrogens is 400 g/mol. The molecule has 9 nitrogen and oxygen atoms in total. The van der Waals surface area contributed by atoms with Crippen LogP contribution in [-0.4, -0.2) is 33.2 Å². The maximum absolute atomic E-state index is 12.1. The molecule has 0 atom stereocenters. The number of nitro groups is 1. The Labute approximate surface area is 170 Å². The van der Waals surface area contributed by atoms with Crippen molar-refractivity contribution in [2.75, 3.05) is 11.9 Å². The van der Waals surface area contributed by atoms with Crippen LogP contribution in [0.25, 0.3) is 0 Å². The minimum absolute atomic E-state index is 0.0453. The van der Waals surface area contributed by atoms with Crippen LogP contribution in [-0.2, 0) is 16.1 Å². The van der Waals surface area contributed by atoms with Gasteiger partial charge < -0.3 is 10.1 Å². The summed E-state index contributed by atoms with van der Waals surface area (Å²) in [5.74, 6) is -1.45. The number of nitro benzene ring substituents is 1. The first kappa shape index (κ1) is 20.0. The lowest BCUT2D eigenvalue weighted by molar-refractivity contribution is -0.383. The third-order valence-electron chi connectivity index (χ3n) is 3.82. The number of nitrogens with zero attached hydrogens (tertiary/aromatic N) is 3. The Bertz CT molecular complexity index is 1050. The lowest BCUT2D eigenvalue weighted by atomic mass is 10.2. The summed E-state index contributed by atoms with van der Waals surface area (Å²) in [5.41, 5.74) is 0.793. The van der Waals surface area contributed by atoms with Gasteiger partial charge in [0, 0.05) is 17.3 Å². The second-order valence-electron chi connectivity index (χ2n) is 5.96. The molecule has 0 aliphatic rings. The molecular formula is C19H15ClN4O5. The van der Waals surface area contributed by atoms with E-state index in [4.69, 9.17) is 16.3 Å². The van der Waals surface area contributed by atoms with Gasteiger partial charge in [0.2, 0.25) is 0 Å². The summed E-state index contributed by atoms with van der Waals surface area (Å²) in [7, 11) is 0. The second kappa shape index (κ2) is 8.98. The Kier molecular flexibility index (Phi) is 6.20. The van der Waals surface area contributed by atoms with Gasteiger partial charge in [-0.15, -0.1) is 0 Å². The van der Waals surface area contributed by atoms with Crippen molar-refractivity contribution < 1.29 is 19.2 Å². The largest absolute Gasteiger partial charge is 0.452 e. The highest BCUT2D eigenvalue weighted by atomic mass is 35.5. The molecule has 0 fully saturated rings. The molecule has 0 radical (unpaired) electrons. The third-order valence-corrected chi connectivity index (χ3v) is 4.06. The zero-order valence-electron chi connectivity index (χ0n) is 14.9. The topological polar surface area (TPSA) is 116 Å². The molecule has 0 saturated carbocycles. The summed E-state index contributed by atoms with van der Waals surface area (Å²) < 4.78 is 6.52. The number of nitrogens with one attached hydrogen (secondary N) is 1. The predicted molar refractivity (Wildman–Crippen MR) is 105 cm³/mol. The van der Waals surface area contributed by atoms with Crippen molar-refractivity contribution in [2.24, 2.45) is 0 Å². The Morgan fingerprint density at radius 2 is 1.97 bits per heavy atom. The van der Waals surface area contributed by atoms with Gasteiger partial charge in [-0.25, -0.2) is 4.79 Å². The van der Waals surface area contributed by atoms with Crippen LogP contribution in [0.3, 0.4) is 0 Å². The highest BCUT2D eigenvalue weighted by molar-refractivity contribution is 6.31. The van der Waals surface area contributed by atoms with E-state index in [1.54, 1.807) is 4.68 Å². The molecule has 0 unspecified atom stereocenters. The molecule has 10 heteroatoms. The smallest absolute Gasteiger partial charge is 0.341 e. The fraction of sp³-hybridized carbons (Fsp3) is 0.105. The molecule has 0 bridgehead atoms. The van der Waals surface area contributed by atoms with Gasteiger partial charge in [0.25, 0.3) is 11.6 Å². The molecule has 1 aromatic heterocycles. The first-order chi connectivity index (χ1) is 13.9. The molecule has 0 saturated heterocycles. The van der Waals surface area contributed by atoms with Gasteiger partial charge in [0.1, 0.15) is 5.69 Å². The molecule has 1 N–H and O–H groups in total. The molecule has 0 spiro atoms. The summed E-state index contributed by atoms with van der Waals surface area (Å²) in [6.07, 6.45) is 2.85. The maximum atomic E-state index is 12.1. The second-order valence-corrected chi connectivity index (χ2v) is 6.39. The van der Waals surface area contributed by atoms with E-state index < -0.39 is 23.4 Å². The lowest BCUT2D eigenvalue weighted by Gasteiger charge is -2.07. The zero-order chi connectivity index (χ0) is 20.8. The Morgan fingerprint density at radius 3 is 2.69 bits per heavy atom. The first-order valence-electron chi connectivity index (χ1n) is 8.39. The number of ether oxygens (including phenoxy) is 1. The van der Waals surface area contributed by atoms with Gasteiger partial charge in [-0.2, -0.15) is 5.10 Å². The fourth-order valence-electron chi connectivity index (χ4n) is 2.49. The van der Waals surface area contributed by atoms with Crippen LogP contribution in [0.2, 0.25) is 5.02 Å². The summed E-state index contributed by atoms with van der Waals surface area (Å²) in [6.45, 7) is -0.128. The number of amides is 1. The summed E-state index contributed by atoms with van der Waals surface area (Å²) in [4.78, 5) is 34.5. The molecule has 1 amide bonds. The summed E-state index contributed by atoms with van der Waals surface area (Å²) in [6, 6.07) is 13.4. The van der Waals surface area contributed by atoms with Crippen molar-refractivity contribution >= 4 is 34.9 Å². The molecule has 148 valence electrons. The van der Waals surface area contributed by atoms with Gasteiger partial charge >= 0.3 is 5.97 Å². The fourth-order valence-corrected chi connectivity index (χ4v) is 2.65. The van der Waals surface area contributed by atoms with Crippen LogP contribution in [0.5, 0.6) is 0 Å². The van der Waals surface area contributed by atoms with Crippen molar-refractivity contribution in [3.8, 4) is 0 Å². The highest BCUT2D eigenvalue weighted by Gasteiger charge is 2.18. The lowest BCUT2D eigenvalue weighted by Crippen LogP contribution is -2.21. The number of hydrogen-bond donors (Lipinski definition) is 1. The molecule has 0 aliphatic carbocycles. The predicted octanol–water partition coefficient (Wildman–Crippen LogP) is 3.29. The van der Waals surface area contributed by atoms with Crippen molar-refractivity contribution in [1.82, 2.24) is 9.78 Å². The van der Waals surface area contributed by atoms with Crippen LogP contribution < -0.4 is 5.32 Å². The van der Waals surface area contributed by atoms with E-state index in [2.05, 4.69) is 10.4 Å². The number of aromatic nitrogens is 2. The number of carbonyl (C=O) groups excluding carboxylic acids is 2.